The first-order valence-electron chi connectivity index (χ1n) is 2.10. The number of hydrogen-bond acceptors (Lipinski definition) is 2. The molecule has 5 nitrogen and oxygen atoms in total. The minimum atomic E-state index is -0.312. The van der Waals surface area contributed by atoms with Gasteiger partial charge in [-0.15, -0.1) is 5.10 Å². The van der Waals surface area contributed by atoms with E-state index in [9.17, 15) is 4.79 Å². The molecule has 0 saturated carbocycles. The number of aromatic nitrogens is 3. The van der Waals surface area contributed by atoms with Crippen LogP contribution in [-0.2, 0) is 0 Å². The molecule has 0 aromatic carbocycles. The molecule has 0 amide bonds. The molecular weight excluding hydrogens is 110 g/mol. The molecule has 0 saturated heterocycles. The Morgan fingerprint density at radius 1 is 1.75 bits per heavy atom. The maximum absolute atomic E-state index is 10.4. The Hall–Kier alpha value is -1.26. The Labute approximate surface area is 44.5 Å². The van der Waals surface area contributed by atoms with E-state index < -0.39 is 0 Å². The standard InChI is InChI=1S/C3H5N3O2/c1-2-3(7)4-5-6(2)8/h7-8H,1H3/p+1. The number of hydrogen-bond donors (Lipinski definition) is 3. The van der Waals surface area contributed by atoms with Gasteiger partial charge in [-0.05, 0) is 0 Å². The van der Waals surface area contributed by atoms with E-state index in [0.29, 0.717) is 4.85 Å². The van der Waals surface area contributed by atoms with Crippen molar-refractivity contribution in [1.29, 1.82) is 0 Å². The van der Waals surface area contributed by atoms with E-state index in [4.69, 9.17) is 5.21 Å². The molecule has 1 rings (SSSR count). The molecule has 1 heterocycles. The van der Waals surface area contributed by atoms with Crippen LogP contribution >= 0.6 is 0 Å². The summed E-state index contributed by atoms with van der Waals surface area (Å²) in [5, 5.41) is 12.9. The van der Waals surface area contributed by atoms with E-state index in [1.807, 2.05) is 0 Å². The molecule has 0 aliphatic carbocycles. The molecule has 5 heteroatoms. The summed E-state index contributed by atoms with van der Waals surface area (Å²) in [6, 6.07) is 0. The molecule has 44 valence electrons. The second kappa shape index (κ2) is 1.36. The van der Waals surface area contributed by atoms with Gasteiger partial charge in [0, 0.05) is 11.8 Å². The summed E-state index contributed by atoms with van der Waals surface area (Å²) in [4.78, 5) is 11.0. The summed E-state index contributed by atoms with van der Waals surface area (Å²) in [5.41, 5.74) is -0.0718. The number of aromatic amines is 2. The van der Waals surface area contributed by atoms with E-state index in [0.717, 1.165) is 0 Å². The third-order valence-electron chi connectivity index (χ3n) is 0.922. The van der Waals surface area contributed by atoms with Crippen LogP contribution in [0.2, 0.25) is 0 Å². The van der Waals surface area contributed by atoms with Crippen LogP contribution in [-0.4, -0.2) is 15.5 Å². The van der Waals surface area contributed by atoms with Crippen molar-refractivity contribution in [2.24, 2.45) is 0 Å². The minimum absolute atomic E-state index is 0.241. The van der Waals surface area contributed by atoms with Gasteiger partial charge in [0.25, 0.3) is 5.69 Å². The lowest BCUT2D eigenvalue weighted by Crippen LogP contribution is -2.36. The quantitative estimate of drug-likeness (QED) is 0.286. The molecule has 0 aliphatic heterocycles. The molecule has 0 spiro atoms. The normalized spacial score (nSPS) is 9.62. The fourth-order valence-electron chi connectivity index (χ4n) is 0.374. The van der Waals surface area contributed by atoms with Gasteiger partial charge in [0.15, 0.2) is 0 Å². The fourth-order valence-corrected chi connectivity index (χ4v) is 0.374. The van der Waals surface area contributed by atoms with E-state index in [-0.39, 0.29) is 11.3 Å². The van der Waals surface area contributed by atoms with Crippen LogP contribution in [0.3, 0.4) is 0 Å². The van der Waals surface area contributed by atoms with Gasteiger partial charge in [0.1, 0.15) is 0 Å². The van der Waals surface area contributed by atoms with Crippen LogP contribution in [0, 0.1) is 6.92 Å². The molecule has 0 bridgehead atoms. The number of nitrogens with one attached hydrogen (secondary N) is 2. The average molecular weight is 116 g/mol. The molecule has 1 aromatic heterocycles. The molecule has 0 fully saturated rings. The summed E-state index contributed by atoms with van der Waals surface area (Å²) < 4.78 is 0. The number of H-pyrrole nitrogens is 2. The highest BCUT2D eigenvalue weighted by atomic mass is 16.5. The van der Waals surface area contributed by atoms with Gasteiger partial charge in [0.05, 0.1) is 0 Å². The number of nitrogens with zero attached hydrogens (tertiary/aromatic N) is 1. The molecule has 0 unspecified atom stereocenters. The highest BCUT2D eigenvalue weighted by Crippen LogP contribution is 1.63. The van der Waals surface area contributed by atoms with Crippen molar-refractivity contribution in [2.45, 2.75) is 6.92 Å². The zero-order valence-electron chi connectivity index (χ0n) is 4.30. The van der Waals surface area contributed by atoms with Gasteiger partial charge in [-0.3, -0.25) is 0 Å². The van der Waals surface area contributed by atoms with Crippen LogP contribution in [0.4, 0.5) is 0 Å². The maximum atomic E-state index is 10.4. The van der Waals surface area contributed by atoms with Crippen LogP contribution in [0.15, 0.2) is 4.79 Å². The topological polar surface area (TPSA) is 72.8 Å². The van der Waals surface area contributed by atoms with Crippen molar-refractivity contribution >= 4 is 0 Å². The Bertz CT molecular complexity index is 235. The zero-order chi connectivity index (χ0) is 6.15. The Morgan fingerprint density at radius 3 is 2.50 bits per heavy atom. The van der Waals surface area contributed by atoms with E-state index >= 15 is 0 Å². The zero-order valence-corrected chi connectivity index (χ0v) is 4.30. The highest BCUT2D eigenvalue weighted by Gasteiger charge is 2.06. The molecular formula is C3H6N3O2+. The predicted molar refractivity (Wildman–Crippen MR) is 23.5 cm³/mol. The second-order valence-corrected chi connectivity index (χ2v) is 1.46. The van der Waals surface area contributed by atoms with Crippen LogP contribution < -0.4 is 10.4 Å². The van der Waals surface area contributed by atoms with Gasteiger partial charge >= 0.3 is 5.56 Å². The summed E-state index contributed by atoms with van der Waals surface area (Å²) in [7, 11) is 0. The van der Waals surface area contributed by atoms with E-state index in [2.05, 4.69) is 10.3 Å². The maximum Gasteiger partial charge on any atom is 0.398 e. The first kappa shape index (κ1) is 4.89. The SMILES string of the molecule is Cc1c(=O)[nH][nH][n+]1O. The first-order valence-corrected chi connectivity index (χ1v) is 2.10. The van der Waals surface area contributed by atoms with Gasteiger partial charge in [-0.1, -0.05) is 5.21 Å². The van der Waals surface area contributed by atoms with Crippen molar-refractivity contribution in [3.8, 4) is 0 Å². The van der Waals surface area contributed by atoms with Crippen LogP contribution in [0.5, 0.6) is 0 Å². The third kappa shape index (κ3) is 0.481. The van der Waals surface area contributed by atoms with Crippen molar-refractivity contribution in [3.05, 3.63) is 16.0 Å². The van der Waals surface area contributed by atoms with Gasteiger partial charge in [-0.25, -0.2) is 4.79 Å². The highest BCUT2D eigenvalue weighted by molar-refractivity contribution is 4.77. The molecule has 1 aromatic rings. The van der Waals surface area contributed by atoms with E-state index in [1.165, 1.54) is 6.92 Å². The lowest BCUT2D eigenvalue weighted by molar-refractivity contribution is -0.952. The molecule has 0 aliphatic rings. The van der Waals surface area contributed by atoms with Crippen molar-refractivity contribution in [1.82, 2.24) is 10.3 Å². The smallest absolute Gasteiger partial charge is 0.331 e. The van der Waals surface area contributed by atoms with Gasteiger partial charge in [0.2, 0.25) is 0 Å². The van der Waals surface area contributed by atoms with Crippen molar-refractivity contribution < 1.29 is 10.1 Å². The first-order chi connectivity index (χ1) is 3.72. The lowest BCUT2D eigenvalue weighted by Gasteiger charge is -1.73. The summed E-state index contributed by atoms with van der Waals surface area (Å²) in [6.45, 7) is 1.50. The van der Waals surface area contributed by atoms with Crippen LogP contribution in [0.1, 0.15) is 5.69 Å². The van der Waals surface area contributed by atoms with Crippen LogP contribution in [0.25, 0.3) is 0 Å². The van der Waals surface area contributed by atoms with Crippen molar-refractivity contribution in [2.75, 3.05) is 0 Å². The Morgan fingerprint density at radius 2 is 2.38 bits per heavy atom. The molecule has 0 radical (unpaired) electrons. The largest absolute Gasteiger partial charge is 0.398 e. The Kier molecular flexibility index (Phi) is 0.831. The summed E-state index contributed by atoms with van der Waals surface area (Å²) in [5.74, 6) is 0. The van der Waals surface area contributed by atoms with Gasteiger partial charge in [-0.2, -0.15) is 0 Å². The van der Waals surface area contributed by atoms with E-state index in [1.54, 1.807) is 0 Å². The summed E-state index contributed by atoms with van der Waals surface area (Å²) >= 11 is 0. The lowest BCUT2D eigenvalue weighted by atomic mass is 10.6. The van der Waals surface area contributed by atoms with Gasteiger partial charge < -0.3 is 5.21 Å². The fraction of sp³-hybridized carbons (Fsp3) is 0.333. The Balaban J connectivity index is 3.41. The molecule has 0 atom stereocenters. The monoisotopic (exact) mass is 116 g/mol. The van der Waals surface area contributed by atoms with Crippen molar-refractivity contribution in [3.63, 3.8) is 0 Å². The molecule has 3 N–H and O–H groups in total. The third-order valence-corrected chi connectivity index (χ3v) is 0.922. The predicted octanol–water partition coefficient (Wildman–Crippen LogP) is -1.46. The molecule has 8 heavy (non-hydrogen) atoms. The minimum Gasteiger partial charge on any atom is -0.331 e. The average Bonchev–Trinajstić information content (AvgIpc) is 1.98. The second-order valence-electron chi connectivity index (χ2n) is 1.46. The number of rotatable bonds is 0. The summed E-state index contributed by atoms with van der Waals surface area (Å²) in [6.07, 6.45) is 0.